The predicted molar refractivity (Wildman–Crippen MR) is 80.4 cm³/mol. The molecule has 21 heavy (non-hydrogen) atoms. The monoisotopic (exact) mass is 279 g/mol. The minimum absolute atomic E-state index is 0.200. The third-order valence-corrected chi connectivity index (χ3v) is 2.89. The van der Waals surface area contributed by atoms with Gasteiger partial charge in [0.25, 0.3) is 0 Å². The smallest absolute Gasteiger partial charge is 0.335 e. The van der Waals surface area contributed by atoms with Gasteiger partial charge in [0, 0.05) is 0 Å². The number of carbonyl (C=O) groups is 1. The minimum atomic E-state index is -0.980. The summed E-state index contributed by atoms with van der Waals surface area (Å²) in [6.45, 7) is 1.83. The summed E-state index contributed by atoms with van der Waals surface area (Å²) in [7, 11) is 0. The zero-order valence-corrected chi connectivity index (χ0v) is 11.4. The second-order valence-corrected chi connectivity index (χ2v) is 4.38. The van der Waals surface area contributed by atoms with Gasteiger partial charge in [0.15, 0.2) is 0 Å². The summed E-state index contributed by atoms with van der Waals surface area (Å²) >= 11 is 0. The average Bonchev–Trinajstić information content (AvgIpc) is 2.53. The third-order valence-electron chi connectivity index (χ3n) is 2.89. The number of hydrazone groups is 1. The van der Waals surface area contributed by atoms with Crippen LogP contribution in [-0.4, -0.2) is 16.8 Å². The van der Waals surface area contributed by atoms with Gasteiger partial charge < -0.3 is 5.11 Å². The van der Waals surface area contributed by atoms with E-state index in [1.807, 2.05) is 19.1 Å². The van der Waals surface area contributed by atoms with Crippen molar-refractivity contribution in [2.24, 2.45) is 5.10 Å². The molecule has 0 spiro atoms. The van der Waals surface area contributed by atoms with Crippen molar-refractivity contribution < 1.29 is 9.90 Å². The summed E-state index contributed by atoms with van der Waals surface area (Å²) in [6, 6.07) is 15.5. The van der Waals surface area contributed by atoms with Crippen molar-refractivity contribution in [2.75, 3.05) is 5.43 Å². The molecule has 2 aromatic rings. The van der Waals surface area contributed by atoms with E-state index in [0.717, 1.165) is 11.3 Å². The van der Waals surface area contributed by atoms with Crippen LogP contribution in [0.3, 0.4) is 0 Å². The van der Waals surface area contributed by atoms with E-state index in [2.05, 4.69) is 16.6 Å². The second-order valence-electron chi connectivity index (χ2n) is 4.38. The average molecular weight is 279 g/mol. The lowest BCUT2D eigenvalue weighted by Gasteiger charge is -2.04. The van der Waals surface area contributed by atoms with Crippen molar-refractivity contribution >= 4 is 17.4 Å². The molecule has 0 aliphatic heterocycles. The Kier molecular flexibility index (Phi) is 4.32. The van der Waals surface area contributed by atoms with E-state index in [9.17, 15) is 4.79 Å². The first kappa shape index (κ1) is 14.3. The second kappa shape index (κ2) is 6.35. The van der Waals surface area contributed by atoms with Crippen molar-refractivity contribution in [3.8, 4) is 6.07 Å². The largest absolute Gasteiger partial charge is 0.478 e. The molecule has 0 saturated heterocycles. The van der Waals surface area contributed by atoms with Crippen LogP contribution in [0.4, 0.5) is 5.69 Å². The molecule has 5 heteroatoms. The van der Waals surface area contributed by atoms with E-state index in [1.54, 1.807) is 24.3 Å². The molecular formula is C16H13N3O2. The van der Waals surface area contributed by atoms with E-state index < -0.39 is 5.97 Å². The molecule has 0 unspecified atom stereocenters. The molecule has 5 nitrogen and oxygen atoms in total. The molecule has 0 atom stereocenters. The van der Waals surface area contributed by atoms with Crippen molar-refractivity contribution in [2.45, 2.75) is 6.92 Å². The van der Waals surface area contributed by atoms with Crippen LogP contribution in [0.15, 0.2) is 53.6 Å². The molecule has 2 rings (SSSR count). The van der Waals surface area contributed by atoms with Crippen LogP contribution in [0, 0.1) is 11.3 Å². The molecule has 0 amide bonds. The number of aromatic carboxylic acids is 1. The Balaban J connectivity index is 2.14. The lowest BCUT2D eigenvalue weighted by molar-refractivity contribution is 0.0697. The SMILES string of the molecule is CC(=NNc1cccc(C(=O)O)c1)c1ccc(C#N)cc1. The van der Waals surface area contributed by atoms with Crippen LogP contribution in [0.2, 0.25) is 0 Å². The Morgan fingerprint density at radius 1 is 1.19 bits per heavy atom. The number of hydrogen-bond donors (Lipinski definition) is 2. The number of nitrogens with zero attached hydrogens (tertiary/aromatic N) is 2. The summed E-state index contributed by atoms with van der Waals surface area (Å²) in [5.41, 5.74) is 5.84. The first-order valence-corrected chi connectivity index (χ1v) is 6.24. The van der Waals surface area contributed by atoms with Crippen LogP contribution in [0.25, 0.3) is 0 Å². The molecule has 0 heterocycles. The van der Waals surface area contributed by atoms with Crippen molar-refractivity contribution in [3.05, 3.63) is 65.2 Å². The Hall–Kier alpha value is -3.13. The maximum Gasteiger partial charge on any atom is 0.335 e. The highest BCUT2D eigenvalue weighted by Crippen LogP contribution is 2.11. The van der Waals surface area contributed by atoms with Gasteiger partial charge in [0.2, 0.25) is 0 Å². The predicted octanol–water partition coefficient (Wildman–Crippen LogP) is 3.09. The van der Waals surface area contributed by atoms with Crippen LogP contribution >= 0.6 is 0 Å². The molecule has 2 aromatic carbocycles. The van der Waals surface area contributed by atoms with E-state index in [-0.39, 0.29) is 5.56 Å². The Morgan fingerprint density at radius 2 is 1.90 bits per heavy atom. The van der Waals surface area contributed by atoms with Crippen molar-refractivity contribution in [1.29, 1.82) is 5.26 Å². The highest BCUT2D eigenvalue weighted by Gasteiger charge is 2.03. The highest BCUT2D eigenvalue weighted by atomic mass is 16.4. The maximum atomic E-state index is 10.9. The van der Waals surface area contributed by atoms with Crippen LogP contribution in [0.1, 0.15) is 28.4 Å². The van der Waals surface area contributed by atoms with Gasteiger partial charge in [0.05, 0.1) is 28.6 Å². The zero-order valence-electron chi connectivity index (χ0n) is 11.4. The van der Waals surface area contributed by atoms with Gasteiger partial charge in [-0.15, -0.1) is 0 Å². The summed E-state index contributed by atoms with van der Waals surface area (Å²) in [6.07, 6.45) is 0. The number of carboxylic acid groups (broad SMARTS) is 1. The first-order chi connectivity index (χ1) is 10.1. The van der Waals surface area contributed by atoms with Crippen LogP contribution < -0.4 is 5.43 Å². The summed E-state index contributed by atoms with van der Waals surface area (Å²) in [4.78, 5) is 10.9. The van der Waals surface area contributed by atoms with Crippen LogP contribution in [0.5, 0.6) is 0 Å². The van der Waals surface area contributed by atoms with Gasteiger partial charge in [0.1, 0.15) is 0 Å². The van der Waals surface area contributed by atoms with Crippen molar-refractivity contribution in [3.63, 3.8) is 0 Å². The third kappa shape index (κ3) is 3.67. The number of nitriles is 1. The molecular weight excluding hydrogens is 266 g/mol. The lowest BCUT2D eigenvalue weighted by Crippen LogP contribution is -2.01. The number of carboxylic acids is 1. The standard InChI is InChI=1S/C16H13N3O2/c1-11(13-7-5-12(10-17)6-8-13)18-19-15-4-2-3-14(9-15)16(20)21/h2-9,19H,1H3,(H,20,21). The Labute approximate surface area is 122 Å². The number of rotatable bonds is 4. The molecule has 104 valence electrons. The summed E-state index contributed by atoms with van der Waals surface area (Å²) < 4.78 is 0. The quantitative estimate of drug-likeness (QED) is 0.665. The normalized spacial score (nSPS) is 10.8. The van der Waals surface area contributed by atoms with E-state index in [1.165, 1.54) is 12.1 Å². The maximum absolute atomic E-state index is 10.9. The number of benzene rings is 2. The van der Waals surface area contributed by atoms with E-state index in [0.29, 0.717) is 11.3 Å². The van der Waals surface area contributed by atoms with Gasteiger partial charge in [-0.3, -0.25) is 5.43 Å². The molecule has 0 saturated carbocycles. The number of hydrogen-bond acceptors (Lipinski definition) is 4. The Bertz CT molecular complexity index is 728. The van der Waals surface area contributed by atoms with Gasteiger partial charge in [-0.05, 0) is 42.8 Å². The summed E-state index contributed by atoms with van der Waals surface area (Å²) in [5, 5.41) is 21.9. The molecule has 0 aromatic heterocycles. The number of nitrogens with one attached hydrogen (secondary N) is 1. The fraction of sp³-hybridized carbons (Fsp3) is 0.0625. The van der Waals surface area contributed by atoms with Gasteiger partial charge in [-0.25, -0.2) is 4.79 Å². The van der Waals surface area contributed by atoms with Gasteiger partial charge in [-0.1, -0.05) is 18.2 Å². The molecule has 0 aliphatic carbocycles. The zero-order chi connectivity index (χ0) is 15.2. The first-order valence-electron chi connectivity index (χ1n) is 6.24. The fourth-order valence-corrected chi connectivity index (χ4v) is 1.72. The lowest BCUT2D eigenvalue weighted by atomic mass is 10.1. The molecule has 0 bridgehead atoms. The highest BCUT2D eigenvalue weighted by molar-refractivity contribution is 5.99. The van der Waals surface area contributed by atoms with E-state index >= 15 is 0 Å². The molecule has 0 radical (unpaired) electrons. The molecule has 0 fully saturated rings. The van der Waals surface area contributed by atoms with Gasteiger partial charge >= 0.3 is 5.97 Å². The van der Waals surface area contributed by atoms with E-state index in [4.69, 9.17) is 10.4 Å². The molecule has 2 N–H and O–H groups in total. The Morgan fingerprint density at radius 3 is 2.52 bits per heavy atom. The van der Waals surface area contributed by atoms with Gasteiger partial charge in [-0.2, -0.15) is 10.4 Å². The van der Waals surface area contributed by atoms with Crippen LogP contribution in [-0.2, 0) is 0 Å². The fourth-order valence-electron chi connectivity index (χ4n) is 1.72. The summed E-state index contributed by atoms with van der Waals surface area (Å²) in [5.74, 6) is -0.980. The minimum Gasteiger partial charge on any atom is -0.478 e. The molecule has 0 aliphatic rings. The van der Waals surface area contributed by atoms with Crippen molar-refractivity contribution in [1.82, 2.24) is 0 Å². The topological polar surface area (TPSA) is 85.5 Å². The number of anilines is 1.